The summed E-state index contributed by atoms with van der Waals surface area (Å²) in [6.07, 6.45) is 0. The molecule has 0 amide bonds. The predicted molar refractivity (Wildman–Crippen MR) is 75.3 cm³/mol. The molecule has 0 spiro atoms. The Bertz CT molecular complexity index is 626. The molecule has 1 unspecified atom stereocenters. The maximum absolute atomic E-state index is 13.3. The van der Waals surface area contributed by atoms with Gasteiger partial charge in [0.25, 0.3) is 0 Å². The summed E-state index contributed by atoms with van der Waals surface area (Å²) in [5, 5.41) is -0.411. The lowest BCUT2D eigenvalue weighted by molar-refractivity contribution is 0.617. The number of rotatable bonds is 2. The van der Waals surface area contributed by atoms with E-state index in [1.54, 1.807) is 13.0 Å². The third-order valence-electron chi connectivity index (χ3n) is 2.79. The van der Waals surface area contributed by atoms with Crippen LogP contribution in [0.15, 0.2) is 30.3 Å². The highest BCUT2D eigenvalue weighted by molar-refractivity contribution is 6.33. The van der Waals surface area contributed by atoms with Crippen LogP contribution in [0.3, 0.4) is 0 Å². The van der Waals surface area contributed by atoms with Gasteiger partial charge in [0.15, 0.2) is 0 Å². The Morgan fingerprint density at radius 3 is 2.26 bits per heavy atom. The van der Waals surface area contributed by atoms with E-state index < -0.39 is 17.0 Å². The summed E-state index contributed by atoms with van der Waals surface area (Å²) >= 11 is 18.0. The molecule has 2 aromatic carbocycles. The zero-order chi connectivity index (χ0) is 14.2. The van der Waals surface area contributed by atoms with Gasteiger partial charge in [0.2, 0.25) is 0 Å². The van der Waals surface area contributed by atoms with Crippen molar-refractivity contribution in [3.63, 3.8) is 0 Å². The Morgan fingerprint density at radius 1 is 0.947 bits per heavy atom. The van der Waals surface area contributed by atoms with Gasteiger partial charge in [0, 0.05) is 5.02 Å². The molecular weight excluding hydrogens is 313 g/mol. The molecular formula is C14H9Cl3F2. The molecule has 0 radical (unpaired) electrons. The van der Waals surface area contributed by atoms with Crippen molar-refractivity contribution in [2.75, 3.05) is 0 Å². The maximum atomic E-state index is 13.3. The molecule has 0 heterocycles. The quantitative estimate of drug-likeness (QED) is 0.603. The first kappa shape index (κ1) is 14.6. The molecule has 100 valence electrons. The average Bonchev–Trinajstić information content (AvgIpc) is 2.36. The second kappa shape index (κ2) is 5.66. The number of alkyl halides is 1. The minimum Gasteiger partial charge on any atom is -0.207 e. The summed E-state index contributed by atoms with van der Waals surface area (Å²) in [6, 6.07) is 6.98. The van der Waals surface area contributed by atoms with E-state index >= 15 is 0 Å². The first-order valence-corrected chi connectivity index (χ1v) is 6.64. The third kappa shape index (κ3) is 3.02. The Balaban J connectivity index is 2.46. The van der Waals surface area contributed by atoms with Crippen LogP contribution < -0.4 is 0 Å². The summed E-state index contributed by atoms with van der Waals surface area (Å²) in [5.74, 6) is -0.912. The van der Waals surface area contributed by atoms with Gasteiger partial charge in [-0.25, -0.2) is 8.78 Å². The van der Waals surface area contributed by atoms with Crippen molar-refractivity contribution in [1.29, 1.82) is 0 Å². The summed E-state index contributed by atoms with van der Waals surface area (Å²) in [6.45, 7) is 1.62. The van der Waals surface area contributed by atoms with E-state index in [0.717, 1.165) is 0 Å². The van der Waals surface area contributed by atoms with Crippen LogP contribution in [0.25, 0.3) is 0 Å². The van der Waals surface area contributed by atoms with E-state index in [0.29, 0.717) is 16.7 Å². The highest BCUT2D eigenvalue weighted by atomic mass is 35.5. The van der Waals surface area contributed by atoms with Crippen LogP contribution in [-0.4, -0.2) is 0 Å². The first-order valence-electron chi connectivity index (χ1n) is 5.44. The molecule has 0 aliphatic carbocycles. The Morgan fingerprint density at radius 2 is 1.63 bits per heavy atom. The van der Waals surface area contributed by atoms with Crippen LogP contribution in [0, 0.1) is 18.6 Å². The number of hydrogen-bond acceptors (Lipinski definition) is 0. The lowest BCUT2D eigenvalue weighted by Crippen LogP contribution is -1.97. The average molecular weight is 322 g/mol. The first-order chi connectivity index (χ1) is 8.90. The second-order valence-electron chi connectivity index (χ2n) is 4.16. The molecule has 2 aromatic rings. The zero-order valence-electron chi connectivity index (χ0n) is 9.85. The molecule has 5 heteroatoms. The molecule has 0 N–H and O–H groups in total. The lowest BCUT2D eigenvalue weighted by atomic mass is 10.0. The van der Waals surface area contributed by atoms with Gasteiger partial charge in [0.1, 0.15) is 11.6 Å². The number of benzene rings is 2. The van der Waals surface area contributed by atoms with Gasteiger partial charge in [0.05, 0.1) is 10.4 Å². The number of hydrogen-bond donors (Lipinski definition) is 0. The SMILES string of the molecule is Cc1cc(C(Cl)c2ccc(F)c(Cl)c2)c(Cl)cc1F. The van der Waals surface area contributed by atoms with Gasteiger partial charge in [-0.3, -0.25) is 0 Å². The normalized spacial score (nSPS) is 12.5. The van der Waals surface area contributed by atoms with Crippen molar-refractivity contribution in [2.45, 2.75) is 12.3 Å². The molecule has 1 atom stereocenters. The Hall–Kier alpha value is -0.830. The van der Waals surface area contributed by atoms with Crippen LogP contribution in [0.4, 0.5) is 8.78 Å². The molecule has 0 nitrogen and oxygen atoms in total. The fourth-order valence-electron chi connectivity index (χ4n) is 1.72. The van der Waals surface area contributed by atoms with Gasteiger partial charge in [-0.05, 0) is 47.9 Å². The van der Waals surface area contributed by atoms with Crippen molar-refractivity contribution >= 4 is 34.8 Å². The molecule has 0 saturated heterocycles. The van der Waals surface area contributed by atoms with E-state index in [9.17, 15) is 8.78 Å². The Labute approximate surface area is 124 Å². The fourth-order valence-corrected chi connectivity index (χ4v) is 2.54. The molecule has 19 heavy (non-hydrogen) atoms. The van der Waals surface area contributed by atoms with Crippen LogP contribution in [0.5, 0.6) is 0 Å². The second-order valence-corrected chi connectivity index (χ2v) is 5.41. The van der Waals surface area contributed by atoms with Crippen LogP contribution in [0.2, 0.25) is 10.0 Å². The highest BCUT2D eigenvalue weighted by Gasteiger charge is 2.17. The Kier molecular flexibility index (Phi) is 4.34. The molecule has 0 aliphatic heterocycles. The standard InChI is InChI=1S/C14H9Cl3F2/c1-7-4-9(10(15)6-13(7)19)14(17)8-2-3-12(18)11(16)5-8/h2-6,14H,1H3. The summed E-state index contributed by atoms with van der Waals surface area (Å²) in [5.41, 5.74) is 1.60. The maximum Gasteiger partial charge on any atom is 0.141 e. The van der Waals surface area contributed by atoms with E-state index in [1.165, 1.54) is 24.3 Å². The van der Waals surface area contributed by atoms with Gasteiger partial charge in [-0.1, -0.05) is 29.3 Å². The molecule has 0 bridgehead atoms. The van der Waals surface area contributed by atoms with E-state index in [2.05, 4.69) is 0 Å². The molecule has 0 aliphatic rings. The largest absolute Gasteiger partial charge is 0.207 e. The van der Waals surface area contributed by atoms with Crippen LogP contribution in [-0.2, 0) is 0 Å². The van der Waals surface area contributed by atoms with Crippen molar-refractivity contribution < 1.29 is 8.78 Å². The monoisotopic (exact) mass is 320 g/mol. The molecule has 0 aromatic heterocycles. The topological polar surface area (TPSA) is 0 Å². The van der Waals surface area contributed by atoms with Crippen LogP contribution >= 0.6 is 34.8 Å². The predicted octanol–water partition coefficient (Wildman–Crippen LogP) is 5.91. The van der Waals surface area contributed by atoms with Crippen molar-refractivity contribution in [3.05, 3.63) is 68.7 Å². The van der Waals surface area contributed by atoms with E-state index in [-0.39, 0.29) is 10.0 Å². The van der Waals surface area contributed by atoms with Gasteiger partial charge in [-0.15, -0.1) is 11.6 Å². The third-order valence-corrected chi connectivity index (χ3v) is 3.89. The minimum absolute atomic E-state index is 0.0156. The fraction of sp³-hybridized carbons (Fsp3) is 0.143. The number of aryl methyl sites for hydroxylation is 1. The summed E-state index contributed by atoms with van der Waals surface area (Å²) in [4.78, 5) is 0. The van der Waals surface area contributed by atoms with E-state index in [4.69, 9.17) is 34.8 Å². The van der Waals surface area contributed by atoms with Crippen LogP contribution in [0.1, 0.15) is 22.1 Å². The number of halogens is 5. The van der Waals surface area contributed by atoms with Gasteiger partial charge >= 0.3 is 0 Å². The lowest BCUT2D eigenvalue weighted by Gasteiger charge is -2.14. The highest BCUT2D eigenvalue weighted by Crippen LogP contribution is 2.36. The minimum atomic E-state index is -0.620. The zero-order valence-corrected chi connectivity index (χ0v) is 12.1. The molecule has 0 saturated carbocycles. The summed E-state index contributed by atoms with van der Waals surface area (Å²) in [7, 11) is 0. The van der Waals surface area contributed by atoms with Crippen molar-refractivity contribution in [2.24, 2.45) is 0 Å². The summed E-state index contributed by atoms with van der Waals surface area (Å²) < 4.78 is 26.5. The van der Waals surface area contributed by atoms with Crippen molar-refractivity contribution in [1.82, 2.24) is 0 Å². The molecule has 0 fully saturated rings. The molecule has 2 rings (SSSR count). The smallest absolute Gasteiger partial charge is 0.141 e. The van der Waals surface area contributed by atoms with Gasteiger partial charge < -0.3 is 0 Å². The van der Waals surface area contributed by atoms with E-state index in [1.807, 2.05) is 0 Å². The van der Waals surface area contributed by atoms with Crippen molar-refractivity contribution in [3.8, 4) is 0 Å². The van der Waals surface area contributed by atoms with Gasteiger partial charge in [-0.2, -0.15) is 0 Å².